The SMILES string of the molecule is Cc1n[nH]c(=S)n(/N=C/C2CC=CCC2)c1=O. The summed E-state index contributed by atoms with van der Waals surface area (Å²) in [6.45, 7) is 1.63. The lowest BCUT2D eigenvalue weighted by atomic mass is 9.96. The topological polar surface area (TPSA) is 63.0 Å². The Labute approximate surface area is 104 Å². The van der Waals surface area contributed by atoms with E-state index < -0.39 is 0 Å². The smallest absolute Gasteiger partial charge is 0.265 e. The van der Waals surface area contributed by atoms with Gasteiger partial charge in [0.1, 0.15) is 5.69 Å². The second-order valence-corrected chi connectivity index (χ2v) is 4.43. The first-order chi connectivity index (χ1) is 8.18. The van der Waals surface area contributed by atoms with E-state index >= 15 is 0 Å². The average molecular weight is 250 g/mol. The number of nitrogens with zero attached hydrogens (tertiary/aromatic N) is 3. The molecule has 1 atom stereocenters. The molecule has 0 bridgehead atoms. The third-order valence-electron chi connectivity index (χ3n) is 2.72. The summed E-state index contributed by atoms with van der Waals surface area (Å²) in [4.78, 5) is 11.7. The van der Waals surface area contributed by atoms with Crippen LogP contribution in [-0.2, 0) is 0 Å². The number of hydrogen-bond donors (Lipinski definition) is 1. The molecule has 1 aliphatic carbocycles. The molecule has 0 fully saturated rings. The predicted molar refractivity (Wildman–Crippen MR) is 68.8 cm³/mol. The number of H-pyrrole nitrogens is 1. The van der Waals surface area contributed by atoms with Crippen LogP contribution < -0.4 is 5.56 Å². The summed E-state index contributed by atoms with van der Waals surface area (Å²) < 4.78 is 1.42. The van der Waals surface area contributed by atoms with E-state index in [1.807, 2.05) is 0 Å². The Hall–Kier alpha value is -1.56. The van der Waals surface area contributed by atoms with Crippen LogP contribution in [-0.4, -0.2) is 21.1 Å². The van der Waals surface area contributed by atoms with Crippen LogP contribution in [0, 0.1) is 17.6 Å². The average Bonchev–Trinajstić information content (AvgIpc) is 2.35. The van der Waals surface area contributed by atoms with Crippen molar-refractivity contribution in [2.45, 2.75) is 26.2 Å². The van der Waals surface area contributed by atoms with Crippen LogP contribution in [0.3, 0.4) is 0 Å². The molecule has 0 aliphatic heterocycles. The van der Waals surface area contributed by atoms with Gasteiger partial charge in [-0.2, -0.15) is 14.9 Å². The molecule has 0 radical (unpaired) electrons. The molecule has 0 spiro atoms. The third kappa shape index (κ3) is 2.76. The van der Waals surface area contributed by atoms with Gasteiger partial charge >= 0.3 is 0 Å². The highest BCUT2D eigenvalue weighted by Gasteiger charge is 2.07. The van der Waals surface area contributed by atoms with Crippen LogP contribution in [0.5, 0.6) is 0 Å². The van der Waals surface area contributed by atoms with E-state index in [0.29, 0.717) is 11.6 Å². The molecular formula is C11H14N4OS. The lowest BCUT2D eigenvalue weighted by Crippen LogP contribution is -2.23. The number of aromatic amines is 1. The minimum Gasteiger partial charge on any atom is -0.265 e. The standard InChI is InChI=1S/C11H14N4OS/c1-8-10(16)15(11(17)14-13-8)12-7-9-5-3-2-4-6-9/h2-3,7,9H,4-6H2,1H3,(H,14,17)/b12-7+. The lowest BCUT2D eigenvalue weighted by Gasteiger charge is -2.11. The molecule has 6 heteroatoms. The Kier molecular flexibility index (Phi) is 3.63. The van der Waals surface area contributed by atoms with Gasteiger partial charge in [0, 0.05) is 6.21 Å². The predicted octanol–water partition coefficient (Wildman–Crippen LogP) is 1.80. The van der Waals surface area contributed by atoms with Gasteiger partial charge in [0.2, 0.25) is 4.77 Å². The number of hydrogen-bond acceptors (Lipinski definition) is 4. The summed E-state index contributed by atoms with van der Waals surface area (Å²) in [6, 6.07) is 0. The highest BCUT2D eigenvalue weighted by Crippen LogP contribution is 2.15. The minimum atomic E-state index is -0.267. The highest BCUT2D eigenvalue weighted by molar-refractivity contribution is 7.71. The summed E-state index contributed by atoms with van der Waals surface area (Å²) in [7, 11) is 0. The molecule has 1 aromatic rings. The quantitative estimate of drug-likeness (QED) is 0.494. The van der Waals surface area contributed by atoms with Crippen LogP contribution >= 0.6 is 12.2 Å². The number of aryl methyl sites for hydroxylation is 1. The van der Waals surface area contributed by atoms with Gasteiger partial charge in [-0.1, -0.05) is 12.2 Å². The molecule has 0 aromatic carbocycles. The molecule has 1 aromatic heterocycles. The van der Waals surface area contributed by atoms with Gasteiger partial charge < -0.3 is 0 Å². The number of nitrogens with one attached hydrogen (secondary N) is 1. The molecule has 2 rings (SSSR count). The normalized spacial score (nSPS) is 19.9. The number of aromatic nitrogens is 3. The molecule has 1 heterocycles. The first-order valence-corrected chi connectivity index (χ1v) is 5.97. The van der Waals surface area contributed by atoms with Crippen molar-refractivity contribution in [3.8, 4) is 0 Å². The minimum absolute atomic E-state index is 0.225. The van der Waals surface area contributed by atoms with E-state index in [4.69, 9.17) is 12.2 Å². The molecule has 90 valence electrons. The van der Waals surface area contributed by atoms with Crippen molar-refractivity contribution in [3.63, 3.8) is 0 Å². The fourth-order valence-electron chi connectivity index (χ4n) is 1.69. The summed E-state index contributed by atoms with van der Waals surface area (Å²) >= 11 is 4.98. The first-order valence-electron chi connectivity index (χ1n) is 5.56. The number of rotatable bonds is 2. The zero-order chi connectivity index (χ0) is 12.3. The molecule has 5 nitrogen and oxygen atoms in total. The Morgan fingerprint density at radius 3 is 3.18 bits per heavy atom. The monoisotopic (exact) mass is 250 g/mol. The Morgan fingerprint density at radius 1 is 1.65 bits per heavy atom. The van der Waals surface area contributed by atoms with E-state index in [-0.39, 0.29) is 10.3 Å². The van der Waals surface area contributed by atoms with Gasteiger partial charge in [-0.15, -0.1) is 0 Å². The van der Waals surface area contributed by atoms with Crippen molar-refractivity contribution in [3.05, 3.63) is 33.0 Å². The molecule has 17 heavy (non-hydrogen) atoms. The van der Waals surface area contributed by atoms with Gasteiger partial charge in [-0.25, -0.2) is 0 Å². The van der Waals surface area contributed by atoms with Crippen molar-refractivity contribution in [2.24, 2.45) is 11.0 Å². The summed E-state index contributed by atoms with van der Waals surface area (Å²) in [5.74, 6) is 0.384. The van der Waals surface area contributed by atoms with Crippen molar-refractivity contribution >= 4 is 18.4 Å². The Balaban J connectivity index is 2.27. The van der Waals surface area contributed by atoms with Crippen molar-refractivity contribution in [2.75, 3.05) is 0 Å². The van der Waals surface area contributed by atoms with Crippen molar-refractivity contribution in [1.82, 2.24) is 14.9 Å². The lowest BCUT2D eigenvalue weighted by molar-refractivity contribution is 0.617. The van der Waals surface area contributed by atoms with Crippen LogP contribution in [0.2, 0.25) is 0 Å². The molecular weight excluding hydrogens is 236 g/mol. The fraction of sp³-hybridized carbons (Fsp3) is 0.455. The molecule has 1 aliphatic rings. The summed E-state index contributed by atoms with van der Waals surface area (Å²) in [6.07, 6.45) is 9.21. The van der Waals surface area contributed by atoms with Crippen LogP contribution in [0.4, 0.5) is 0 Å². The maximum atomic E-state index is 11.7. The van der Waals surface area contributed by atoms with E-state index in [2.05, 4.69) is 27.5 Å². The van der Waals surface area contributed by atoms with Crippen LogP contribution in [0.15, 0.2) is 22.0 Å². The fourth-order valence-corrected chi connectivity index (χ4v) is 1.87. The van der Waals surface area contributed by atoms with Crippen LogP contribution in [0.25, 0.3) is 0 Å². The van der Waals surface area contributed by atoms with E-state index in [1.54, 1.807) is 13.1 Å². The second kappa shape index (κ2) is 5.18. The molecule has 0 saturated carbocycles. The Bertz CT molecular complexity index is 570. The largest absolute Gasteiger partial charge is 0.296 e. The summed E-state index contributed by atoms with van der Waals surface area (Å²) in [5.41, 5.74) is 0.0932. The maximum Gasteiger partial charge on any atom is 0.296 e. The summed E-state index contributed by atoms with van der Waals surface area (Å²) in [5, 5.41) is 10.5. The second-order valence-electron chi connectivity index (χ2n) is 4.04. The van der Waals surface area contributed by atoms with Gasteiger partial charge in [-0.05, 0) is 44.3 Å². The van der Waals surface area contributed by atoms with Gasteiger partial charge in [0.05, 0.1) is 0 Å². The van der Waals surface area contributed by atoms with Gasteiger partial charge in [0.15, 0.2) is 0 Å². The van der Waals surface area contributed by atoms with Gasteiger partial charge in [0.25, 0.3) is 5.56 Å². The number of allylic oxidation sites excluding steroid dienone is 2. The van der Waals surface area contributed by atoms with Gasteiger partial charge in [-0.3, -0.25) is 9.89 Å². The maximum absolute atomic E-state index is 11.7. The third-order valence-corrected chi connectivity index (χ3v) is 2.98. The van der Waals surface area contributed by atoms with E-state index in [0.717, 1.165) is 19.3 Å². The first kappa shape index (κ1) is 11.9. The zero-order valence-corrected chi connectivity index (χ0v) is 10.4. The Morgan fingerprint density at radius 2 is 2.47 bits per heavy atom. The van der Waals surface area contributed by atoms with E-state index in [9.17, 15) is 4.79 Å². The molecule has 1 N–H and O–H groups in total. The van der Waals surface area contributed by atoms with Crippen molar-refractivity contribution < 1.29 is 0 Å². The zero-order valence-electron chi connectivity index (χ0n) is 9.59. The van der Waals surface area contributed by atoms with Crippen molar-refractivity contribution in [1.29, 1.82) is 0 Å². The highest BCUT2D eigenvalue weighted by atomic mass is 32.1. The molecule has 0 saturated heterocycles. The van der Waals surface area contributed by atoms with Crippen LogP contribution in [0.1, 0.15) is 25.0 Å². The van der Waals surface area contributed by atoms with E-state index in [1.165, 1.54) is 4.68 Å². The molecule has 1 unspecified atom stereocenters. The molecule has 0 amide bonds.